The Morgan fingerprint density at radius 3 is 1.86 bits per heavy atom. The van der Waals surface area contributed by atoms with Crippen LogP contribution in [0.4, 0.5) is 4.39 Å². The second-order valence-electron chi connectivity index (χ2n) is 6.06. The molecule has 0 aromatic heterocycles. The van der Waals surface area contributed by atoms with Crippen molar-refractivity contribution >= 4 is 0 Å². The van der Waals surface area contributed by atoms with Crippen LogP contribution in [0.15, 0.2) is 12.2 Å². The lowest BCUT2D eigenvalue weighted by atomic mass is 10.0. The summed E-state index contributed by atoms with van der Waals surface area (Å²) < 4.78 is 12.2. The van der Waals surface area contributed by atoms with Crippen LogP contribution in [0, 0.1) is 0 Å². The molecule has 0 aliphatic heterocycles. The van der Waals surface area contributed by atoms with Crippen molar-refractivity contribution in [2.75, 3.05) is 6.67 Å². The van der Waals surface area contributed by atoms with Crippen molar-refractivity contribution in [3.05, 3.63) is 12.2 Å². The smallest absolute Gasteiger partial charge is 0.107 e. The summed E-state index contributed by atoms with van der Waals surface area (Å²) in [5.74, 6) is 0. The lowest BCUT2D eigenvalue weighted by molar-refractivity contribution is 0.174. The monoisotopic (exact) mass is 301 g/mol. The minimum atomic E-state index is -0.845. The molecule has 0 aliphatic carbocycles. The van der Waals surface area contributed by atoms with Gasteiger partial charge in [-0.2, -0.15) is 0 Å². The fourth-order valence-corrected chi connectivity index (χ4v) is 2.40. The molecular weight excluding hydrogens is 265 g/mol. The van der Waals surface area contributed by atoms with Crippen LogP contribution in [0.1, 0.15) is 84.0 Å². The normalized spacial score (nSPS) is 14.7. The molecule has 0 fully saturated rings. The van der Waals surface area contributed by atoms with Gasteiger partial charge in [0.2, 0.25) is 0 Å². The third-order valence-electron chi connectivity index (χ3n) is 3.92. The molecular formula is C18H36FNO. The average molecular weight is 301 g/mol. The maximum Gasteiger partial charge on any atom is 0.107 e. The molecule has 0 bridgehead atoms. The molecule has 0 rings (SSSR count). The first-order valence-electron chi connectivity index (χ1n) is 8.88. The number of aliphatic hydroxyl groups is 1. The first-order valence-corrected chi connectivity index (χ1v) is 8.88. The topological polar surface area (TPSA) is 46.2 Å². The number of nitrogens with two attached hydrogens (primary N) is 1. The standard InChI is InChI=1S/C18H36FNO/c1-2-3-4-5-6-7-8-9-10-11-12-13-14-15-18(21)17(20)16-19/h14-15,17-18,21H,2-13,16,20H2,1H3/b15-14+/t17-,18-/m1/s1. The molecule has 2 atom stereocenters. The largest absolute Gasteiger partial charge is 0.387 e. The van der Waals surface area contributed by atoms with Crippen LogP contribution in [-0.4, -0.2) is 23.9 Å². The summed E-state index contributed by atoms with van der Waals surface area (Å²) in [5.41, 5.74) is 5.39. The fraction of sp³-hybridized carbons (Fsp3) is 0.889. The van der Waals surface area contributed by atoms with E-state index in [2.05, 4.69) is 6.92 Å². The van der Waals surface area contributed by atoms with E-state index in [-0.39, 0.29) is 0 Å². The van der Waals surface area contributed by atoms with Crippen LogP contribution in [0.5, 0.6) is 0 Å². The summed E-state index contributed by atoms with van der Waals surface area (Å²) in [5, 5.41) is 9.44. The van der Waals surface area contributed by atoms with E-state index >= 15 is 0 Å². The van der Waals surface area contributed by atoms with Gasteiger partial charge >= 0.3 is 0 Å². The Morgan fingerprint density at radius 2 is 1.38 bits per heavy atom. The lowest BCUT2D eigenvalue weighted by Crippen LogP contribution is -2.35. The van der Waals surface area contributed by atoms with E-state index in [1.165, 1.54) is 64.2 Å². The minimum absolute atomic E-state index is 0.677. The maximum atomic E-state index is 12.2. The molecule has 126 valence electrons. The predicted molar refractivity (Wildman–Crippen MR) is 90.2 cm³/mol. The van der Waals surface area contributed by atoms with Gasteiger partial charge in [0.1, 0.15) is 6.67 Å². The number of halogens is 1. The van der Waals surface area contributed by atoms with Gasteiger partial charge in [-0.05, 0) is 12.8 Å². The van der Waals surface area contributed by atoms with Gasteiger partial charge < -0.3 is 10.8 Å². The van der Waals surface area contributed by atoms with Crippen LogP contribution >= 0.6 is 0 Å². The maximum absolute atomic E-state index is 12.2. The van der Waals surface area contributed by atoms with Crippen molar-refractivity contribution in [2.45, 2.75) is 96.1 Å². The van der Waals surface area contributed by atoms with Crippen LogP contribution in [0.2, 0.25) is 0 Å². The van der Waals surface area contributed by atoms with E-state index in [1.54, 1.807) is 6.08 Å². The van der Waals surface area contributed by atoms with Crippen molar-refractivity contribution in [2.24, 2.45) is 5.73 Å². The minimum Gasteiger partial charge on any atom is -0.387 e. The highest BCUT2D eigenvalue weighted by atomic mass is 19.1. The Kier molecular flexibility index (Phi) is 15.7. The number of unbranched alkanes of at least 4 members (excludes halogenated alkanes) is 11. The van der Waals surface area contributed by atoms with Crippen molar-refractivity contribution in [3.63, 3.8) is 0 Å². The van der Waals surface area contributed by atoms with E-state index in [1.807, 2.05) is 6.08 Å². The summed E-state index contributed by atoms with van der Waals surface area (Å²) >= 11 is 0. The van der Waals surface area contributed by atoms with Crippen LogP contribution < -0.4 is 5.73 Å². The van der Waals surface area contributed by atoms with E-state index in [0.717, 1.165) is 12.8 Å². The average Bonchev–Trinajstić information content (AvgIpc) is 2.50. The van der Waals surface area contributed by atoms with Crippen molar-refractivity contribution in [3.8, 4) is 0 Å². The second-order valence-corrected chi connectivity index (χ2v) is 6.06. The Hall–Kier alpha value is -0.410. The summed E-state index contributed by atoms with van der Waals surface area (Å²) in [6, 6.07) is -0.779. The highest BCUT2D eigenvalue weighted by Crippen LogP contribution is 2.12. The van der Waals surface area contributed by atoms with Gasteiger partial charge in [0.15, 0.2) is 0 Å². The number of aliphatic hydroxyl groups excluding tert-OH is 1. The third-order valence-corrected chi connectivity index (χ3v) is 3.92. The zero-order chi connectivity index (χ0) is 15.8. The van der Waals surface area contributed by atoms with E-state index in [0.29, 0.717) is 0 Å². The summed E-state index contributed by atoms with van der Waals surface area (Å²) in [6.07, 6.45) is 18.4. The molecule has 0 spiro atoms. The highest BCUT2D eigenvalue weighted by molar-refractivity contribution is 4.93. The molecule has 2 nitrogen and oxygen atoms in total. The molecule has 0 heterocycles. The zero-order valence-corrected chi connectivity index (χ0v) is 13.9. The molecule has 0 radical (unpaired) electrons. The van der Waals surface area contributed by atoms with E-state index in [4.69, 9.17) is 5.73 Å². The fourth-order valence-electron chi connectivity index (χ4n) is 2.40. The summed E-state index contributed by atoms with van der Waals surface area (Å²) in [7, 11) is 0. The van der Waals surface area contributed by atoms with Crippen LogP contribution in [0.25, 0.3) is 0 Å². The van der Waals surface area contributed by atoms with Crippen molar-refractivity contribution < 1.29 is 9.50 Å². The van der Waals surface area contributed by atoms with Crippen molar-refractivity contribution in [1.29, 1.82) is 0 Å². The molecule has 0 aliphatic rings. The predicted octanol–water partition coefficient (Wildman–Crippen LogP) is 4.90. The Morgan fingerprint density at radius 1 is 0.905 bits per heavy atom. The van der Waals surface area contributed by atoms with Crippen LogP contribution in [-0.2, 0) is 0 Å². The van der Waals surface area contributed by atoms with Crippen molar-refractivity contribution in [1.82, 2.24) is 0 Å². The van der Waals surface area contributed by atoms with Gasteiger partial charge in [0.05, 0.1) is 12.1 Å². The highest BCUT2D eigenvalue weighted by Gasteiger charge is 2.09. The quantitative estimate of drug-likeness (QED) is 0.334. The Labute approximate surface area is 131 Å². The third kappa shape index (κ3) is 14.3. The van der Waals surface area contributed by atoms with Gasteiger partial charge in [-0.15, -0.1) is 0 Å². The number of rotatable bonds is 15. The number of hydrogen-bond acceptors (Lipinski definition) is 2. The first kappa shape index (κ1) is 20.6. The zero-order valence-electron chi connectivity index (χ0n) is 13.9. The number of allylic oxidation sites excluding steroid dienone is 1. The van der Waals surface area contributed by atoms with Gasteiger partial charge in [-0.25, -0.2) is 4.39 Å². The van der Waals surface area contributed by atoms with E-state index in [9.17, 15) is 9.50 Å². The summed E-state index contributed by atoms with van der Waals surface area (Å²) in [4.78, 5) is 0. The molecule has 0 saturated carbocycles. The molecule has 3 N–H and O–H groups in total. The molecule has 21 heavy (non-hydrogen) atoms. The SMILES string of the molecule is CCCCCCCCCCCCC/C=C/[C@@H](O)[C@H](N)CF. The van der Waals surface area contributed by atoms with Gasteiger partial charge in [-0.1, -0.05) is 83.3 Å². The number of hydrogen-bond donors (Lipinski definition) is 2. The molecule has 0 saturated heterocycles. The summed E-state index contributed by atoms with van der Waals surface area (Å²) in [6.45, 7) is 1.58. The van der Waals surface area contributed by atoms with Gasteiger partial charge in [0, 0.05) is 0 Å². The Bertz CT molecular complexity index is 233. The lowest BCUT2D eigenvalue weighted by Gasteiger charge is -2.10. The van der Waals surface area contributed by atoms with Gasteiger partial charge in [-0.3, -0.25) is 0 Å². The molecule has 0 amide bonds. The van der Waals surface area contributed by atoms with E-state index < -0.39 is 18.8 Å². The second kappa shape index (κ2) is 16.0. The first-order chi connectivity index (χ1) is 10.2. The molecule has 0 aromatic carbocycles. The molecule has 0 unspecified atom stereocenters. The van der Waals surface area contributed by atoms with Crippen LogP contribution in [0.3, 0.4) is 0 Å². The van der Waals surface area contributed by atoms with Gasteiger partial charge in [0.25, 0.3) is 0 Å². The Balaban J connectivity index is 3.20. The molecule has 0 aromatic rings. The molecule has 3 heteroatoms. The number of alkyl halides is 1.